The fourth-order valence-electron chi connectivity index (χ4n) is 1.77. The molecule has 4 heteroatoms. The summed E-state index contributed by atoms with van der Waals surface area (Å²) in [6.45, 7) is 5.94. The van der Waals surface area contributed by atoms with E-state index < -0.39 is 0 Å². The highest BCUT2D eigenvalue weighted by Gasteiger charge is 2.09. The molecule has 0 bridgehead atoms. The molecule has 0 aromatic heterocycles. The smallest absolute Gasteiger partial charge is 0.251 e. The molecule has 0 radical (unpaired) electrons. The molecule has 1 atom stereocenters. The zero-order chi connectivity index (χ0) is 14.3. The normalized spacial score (nSPS) is 12.3. The van der Waals surface area contributed by atoms with E-state index in [0.29, 0.717) is 5.56 Å². The standard InChI is InChI=1S/C15H25N3O/c1-5-16-14-8-6-13(7-9-14)15(19)17-12(2)10-11-18(3)4/h6-9,12,16H,5,10-11H2,1-4H3,(H,17,19). The molecule has 0 aliphatic rings. The van der Waals surface area contributed by atoms with Crippen molar-refractivity contribution < 1.29 is 4.79 Å². The van der Waals surface area contributed by atoms with Gasteiger partial charge in [-0.1, -0.05) is 0 Å². The van der Waals surface area contributed by atoms with Gasteiger partial charge in [-0.05, 0) is 65.2 Å². The van der Waals surface area contributed by atoms with Gasteiger partial charge >= 0.3 is 0 Å². The van der Waals surface area contributed by atoms with Gasteiger partial charge in [0.15, 0.2) is 0 Å². The lowest BCUT2D eigenvalue weighted by Crippen LogP contribution is -2.34. The Morgan fingerprint density at radius 2 is 1.89 bits per heavy atom. The number of nitrogens with one attached hydrogen (secondary N) is 2. The van der Waals surface area contributed by atoms with Gasteiger partial charge in [0, 0.05) is 23.8 Å². The number of carbonyl (C=O) groups excluding carboxylic acids is 1. The summed E-state index contributed by atoms with van der Waals surface area (Å²) in [7, 11) is 4.07. The molecule has 0 heterocycles. The van der Waals surface area contributed by atoms with E-state index >= 15 is 0 Å². The average molecular weight is 263 g/mol. The van der Waals surface area contributed by atoms with Crippen molar-refractivity contribution in [2.24, 2.45) is 0 Å². The summed E-state index contributed by atoms with van der Waals surface area (Å²) in [5, 5.41) is 6.23. The SMILES string of the molecule is CCNc1ccc(C(=O)NC(C)CCN(C)C)cc1. The summed E-state index contributed by atoms with van der Waals surface area (Å²) < 4.78 is 0. The minimum atomic E-state index is -0.00527. The number of carbonyl (C=O) groups is 1. The first-order valence-corrected chi connectivity index (χ1v) is 6.82. The highest BCUT2D eigenvalue weighted by atomic mass is 16.1. The van der Waals surface area contributed by atoms with Gasteiger partial charge in [-0.15, -0.1) is 0 Å². The third-order valence-electron chi connectivity index (χ3n) is 2.91. The third-order valence-corrected chi connectivity index (χ3v) is 2.91. The van der Waals surface area contributed by atoms with Crippen molar-refractivity contribution in [1.29, 1.82) is 0 Å². The number of nitrogens with zero attached hydrogens (tertiary/aromatic N) is 1. The molecule has 0 aliphatic carbocycles. The van der Waals surface area contributed by atoms with Crippen molar-refractivity contribution >= 4 is 11.6 Å². The van der Waals surface area contributed by atoms with Crippen LogP contribution < -0.4 is 10.6 Å². The number of amides is 1. The van der Waals surface area contributed by atoms with Crippen LogP contribution in [0, 0.1) is 0 Å². The zero-order valence-electron chi connectivity index (χ0n) is 12.4. The van der Waals surface area contributed by atoms with Crippen LogP contribution in [0.25, 0.3) is 0 Å². The maximum atomic E-state index is 12.0. The summed E-state index contributed by atoms with van der Waals surface area (Å²) in [4.78, 5) is 14.1. The van der Waals surface area contributed by atoms with Crippen LogP contribution in [0.1, 0.15) is 30.6 Å². The van der Waals surface area contributed by atoms with E-state index in [-0.39, 0.29) is 11.9 Å². The monoisotopic (exact) mass is 263 g/mol. The molecular weight excluding hydrogens is 238 g/mol. The molecule has 0 saturated carbocycles. The minimum Gasteiger partial charge on any atom is -0.385 e. The van der Waals surface area contributed by atoms with Crippen LogP contribution in [0.4, 0.5) is 5.69 Å². The first kappa shape index (κ1) is 15.5. The van der Waals surface area contributed by atoms with E-state index in [9.17, 15) is 4.79 Å². The minimum absolute atomic E-state index is 0.00527. The molecule has 0 aliphatic heterocycles. The van der Waals surface area contributed by atoms with E-state index in [1.807, 2.05) is 52.2 Å². The largest absolute Gasteiger partial charge is 0.385 e. The van der Waals surface area contributed by atoms with Crippen LogP contribution in [0.3, 0.4) is 0 Å². The maximum Gasteiger partial charge on any atom is 0.251 e. The summed E-state index contributed by atoms with van der Waals surface area (Å²) in [5.74, 6) is -0.00527. The quantitative estimate of drug-likeness (QED) is 0.792. The first-order valence-electron chi connectivity index (χ1n) is 6.82. The van der Waals surface area contributed by atoms with Crippen molar-refractivity contribution in [3.05, 3.63) is 29.8 Å². The highest BCUT2D eigenvalue weighted by Crippen LogP contribution is 2.09. The number of benzene rings is 1. The van der Waals surface area contributed by atoms with Gasteiger partial charge < -0.3 is 15.5 Å². The Kier molecular flexibility index (Phi) is 6.36. The van der Waals surface area contributed by atoms with Gasteiger partial charge in [-0.25, -0.2) is 0 Å². The fraction of sp³-hybridized carbons (Fsp3) is 0.533. The third kappa shape index (κ3) is 5.75. The van der Waals surface area contributed by atoms with Crippen LogP contribution in [0.15, 0.2) is 24.3 Å². The van der Waals surface area contributed by atoms with Gasteiger partial charge in [0.1, 0.15) is 0 Å². The molecule has 2 N–H and O–H groups in total. The van der Waals surface area contributed by atoms with Crippen molar-refractivity contribution in [1.82, 2.24) is 10.2 Å². The van der Waals surface area contributed by atoms with Gasteiger partial charge in [0.05, 0.1) is 0 Å². The van der Waals surface area contributed by atoms with Crippen LogP contribution in [0.2, 0.25) is 0 Å². The van der Waals surface area contributed by atoms with Crippen molar-refractivity contribution in [3.8, 4) is 0 Å². The average Bonchev–Trinajstić information content (AvgIpc) is 2.37. The van der Waals surface area contributed by atoms with Crippen LogP contribution in [-0.2, 0) is 0 Å². The Hall–Kier alpha value is -1.55. The predicted octanol–water partition coefficient (Wildman–Crippen LogP) is 2.19. The molecule has 1 amide bonds. The maximum absolute atomic E-state index is 12.0. The van der Waals surface area contributed by atoms with E-state index in [2.05, 4.69) is 15.5 Å². The number of anilines is 1. The van der Waals surface area contributed by atoms with Gasteiger partial charge in [-0.3, -0.25) is 4.79 Å². The molecule has 106 valence electrons. The lowest BCUT2D eigenvalue weighted by Gasteiger charge is -2.16. The molecule has 1 unspecified atom stereocenters. The number of hydrogen-bond donors (Lipinski definition) is 2. The molecule has 19 heavy (non-hydrogen) atoms. The van der Waals surface area contributed by atoms with E-state index in [0.717, 1.165) is 25.2 Å². The molecule has 0 saturated heterocycles. The van der Waals surface area contributed by atoms with Gasteiger partial charge in [-0.2, -0.15) is 0 Å². The van der Waals surface area contributed by atoms with Crippen molar-refractivity contribution in [3.63, 3.8) is 0 Å². The topological polar surface area (TPSA) is 44.4 Å². The second-order valence-electron chi connectivity index (χ2n) is 5.07. The van der Waals surface area contributed by atoms with Crippen molar-refractivity contribution in [2.75, 3.05) is 32.5 Å². The lowest BCUT2D eigenvalue weighted by atomic mass is 10.1. The van der Waals surface area contributed by atoms with Crippen molar-refractivity contribution in [2.45, 2.75) is 26.3 Å². The number of rotatable bonds is 7. The molecule has 4 nitrogen and oxygen atoms in total. The van der Waals surface area contributed by atoms with Crippen LogP contribution in [-0.4, -0.2) is 44.0 Å². The predicted molar refractivity (Wildman–Crippen MR) is 80.7 cm³/mol. The molecule has 1 rings (SSSR count). The van der Waals surface area contributed by atoms with Crippen LogP contribution >= 0.6 is 0 Å². The Bertz CT molecular complexity index is 387. The number of hydrogen-bond acceptors (Lipinski definition) is 3. The fourth-order valence-corrected chi connectivity index (χ4v) is 1.77. The van der Waals surface area contributed by atoms with Gasteiger partial charge in [0.25, 0.3) is 5.91 Å². The van der Waals surface area contributed by atoms with E-state index in [1.54, 1.807) is 0 Å². The summed E-state index contributed by atoms with van der Waals surface area (Å²) in [5.41, 5.74) is 1.75. The second kappa shape index (κ2) is 7.79. The van der Waals surface area contributed by atoms with E-state index in [1.165, 1.54) is 0 Å². The highest BCUT2D eigenvalue weighted by molar-refractivity contribution is 5.94. The second-order valence-corrected chi connectivity index (χ2v) is 5.07. The molecule has 1 aromatic carbocycles. The molecular formula is C15H25N3O. The summed E-state index contributed by atoms with van der Waals surface area (Å²) in [6.07, 6.45) is 0.953. The van der Waals surface area contributed by atoms with Gasteiger partial charge in [0.2, 0.25) is 0 Å². The Morgan fingerprint density at radius 3 is 2.42 bits per heavy atom. The first-order chi connectivity index (χ1) is 9.02. The lowest BCUT2D eigenvalue weighted by molar-refractivity contribution is 0.0937. The zero-order valence-corrected chi connectivity index (χ0v) is 12.4. The summed E-state index contributed by atoms with van der Waals surface area (Å²) >= 11 is 0. The molecule has 1 aromatic rings. The Labute approximate surface area is 116 Å². The van der Waals surface area contributed by atoms with E-state index in [4.69, 9.17) is 0 Å². The Balaban J connectivity index is 2.48. The Morgan fingerprint density at radius 1 is 1.26 bits per heavy atom. The van der Waals surface area contributed by atoms with Crippen LogP contribution in [0.5, 0.6) is 0 Å². The molecule has 0 spiro atoms. The summed E-state index contributed by atoms with van der Waals surface area (Å²) in [6, 6.07) is 7.76. The molecule has 0 fully saturated rings.